The van der Waals surface area contributed by atoms with Crippen molar-refractivity contribution in [2.45, 2.75) is 24.9 Å². The van der Waals surface area contributed by atoms with Crippen LogP contribution in [0.2, 0.25) is 0 Å². The fourth-order valence-corrected chi connectivity index (χ4v) is 2.50. The molecule has 1 aromatic carbocycles. The lowest BCUT2D eigenvalue weighted by atomic mass is 9.77. The van der Waals surface area contributed by atoms with Gasteiger partial charge in [0.25, 0.3) is 0 Å². The summed E-state index contributed by atoms with van der Waals surface area (Å²) in [6.45, 7) is 0. The van der Waals surface area contributed by atoms with Gasteiger partial charge in [0.05, 0.1) is 5.60 Å². The molecule has 86 valence electrons. The SMILES string of the molecule is OC1(c2cncnc2)CCc2ccccc2C1. The molecule has 1 atom stereocenters. The smallest absolute Gasteiger partial charge is 0.115 e. The summed E-state index contributed by atoms with van der Waals surface area (Å²) in [7, 11) is 0. The molecular weight excluding hydrogens is 212 g/mol. The topological polar surface area (TPSA) is 46.0 Å². The van der Waals surface area contributed by atoms with Gasteiger partial charge in [-0.3, -0.25) is 0 Å². The van der Waals surface area contributed by atoms with E-state index in [1.165, 1.54) is 17.5 Å². The van der Waals surface area contributed by atoms with Crippen molar-refractivity contribution in [3.05, 3.63) is 59.7 Å². The summed E-state index contributed by atoms with van der Waals surface area (Å²) >= 11 is 0. The van der Waals surface area contributed by atoms with E-state index in [0.29, 0.717) is 6.42 Å². The summed E-state index contributed by atoms with van der Waals surface area (Å²) in [6, 6.07) is 8.29. The molecule has 17 heavy (non-hydrogen) atoms. The Morgan fingerprint density at radius 2 is 1.76 bits per heavy atom. The van der Waals surface area contributed by atoms with Crippen LogP contribution in [0.1, 0.15) is 23.1 Å². The van der Waals surface area contributed by atoms with E-state index in [0.717, 1.165) is 18.4 Å². The molecule has 3 heteroatoms. The van der Waals surface area contributed by atoms with Gasteiger partial charge in [0, 0.05) is 24.4 Å². The van der Waals surface area contributed by atoms with Crippen LogP contribution in [0.15, 0.2) is 43.0 Å². The van der Waals surface area contributed by atoms with Gasteiger partial charge in [0.1, 0.15) is 6.33 Å². The number of rotatable bonds is 1. The van der Waals surface area contributed by atoms with Crippen LogP contribution in [0.4, 0.5) is 0 Å². The molecule has 0 saturated carbocycles. The van der Waals surface area contributed by atoms with Gasteiger partial charge in [-0.25, -0.2) is 9.97 Å². The van der Waals surface area contributed by atoms with E-state index in [4.69, 9.17) is 0 Å². The average Bonchev–Trinajstić information content (AvgIpc) is 2.40. The highest BCUT2D eigenvalue weighted by molar-refractivity contribution is 5.34. The van der Waals surface area contributed by atoms with Gasteiger partial charge in [0.15, 0.2) is 0 Å². The molecule has 0 spiro atoms. The molecule has 1 aliphatic rings. The lowest BCUT2D eigenvalue weighted by molar-refractivity contribution is 0.0216. The number of aliphatic hydroxyl groups is 1. The van der Waals surface area contributed by atoms with Crippen LogP contribution in [-0.4, -0.2) is 15.1 Å². The normalized spacial score (nSPS) is 23.1. The number of hydrogen-bond acceptors (Lipinski definition) is 3. The average molecular weight is 226 g/mol. The van der Waals surface area contributed by atoms with Crippen molar-refractivity contribution in [1.29, 1.82) is 0 Å². The predicted octanol–water partition coefficient (Wildman–Crippen LogP) is 1.85. The summed E-state index contributed by atoms with van der Waals surface area (Å²) in [5, 5.41) is 10.7. The van der Waals surface area contributed by atoms with Crippen molar-refractivity contribution in [3.8, 4) is 0 Å². The first-order valence-electron chi connectivity index (χ1n) is 5.83. The fraction of sp³-hybridized carbons (Fsp3) is 0.286. The summed E-state index contributed by atoms with van der Waals surface area (Å²) < 4.78 is 0. The minimum atomic E-state index is -0.810. The number of benzene rings is 1. The Bertz CT molecular complexity index is 527. The van der Waals surface area contributed by atoms with Crippen molar-refractivity contribution in [1.82, 2.24) is 9.97 Å². The number of hydrogen-bond donors (Lipinski definition) is 1. The van der Waals surface area contributed by atoms with Crippen LogP contribution in [-0.2, 0) is 18.4 Å². The van der Waals surface area contributed by atoms with Crippen molar-refractivity contribution in [2.75, 3.05) is 0 Å². The summed E-state index contributed by atoms with van der Waals surface area (Å²) in [5.74, 6) is 0. The van der Waals surface area contributed by atoms with Crippen LogP contribution in [0.5, 0.6) is 0 Å². The largest absolute Gasteiger partial charge is 0.385 e. The molecule has 1 N–H and O–H groups in total. The number of aromatic nitrogens is 2. The van der Waals surface area contributed by atoms with E-state index in [1.54, 1.807) is 12.4 Å². The molecule has 1 unspecified atom stereocenters. The minimum absolute atomic E-state index is 0.649. The number of nitrogens with zero attached hydrogens (tertiary/aromatic N) is 2. The molecule has 1 aliphatic carbocycles. The third-order valence-electron chi connectivity index (χ3n) is 3.51. The molecule has 0 fully saturated rings. The van der Waals surface area contributed by atoms with Crippen LogP contribution in [0, 0.1) is 0 Å². The standard InChI is InChI=1S/C14H14N2O/c17-14(13-8-15-10-16-9-13)6-5-11-3-1-2-4-12(11)7-14/h1-4,8-10,17H,5-7H2. The fourth-order valence-electron chi connectivity index (χ4n) is 2.50. The van der Waals surface area contributed by atoms with Gasteiger partial charge < -0.3 is 5.11 Å². The second kappa shape index (κ2) is 3.93. The van der Waals surface area contributed by atoms with E-state index in [-0.39, 0.29) is 0 Å². The summed E-state index contributed by atoms with van der Waals surface area (Å²) in [6.07, 6.45) is 7.20. The first-order chi connectivity index (χ1) is 8.28. The Hall–Kier alpha value is -1.74. The minimum Gasteiger partial charge on any atom is -0.385 e. The molecule has 2 aromatic rings. The monoisotopic (exact) mass is 226 g/mol. The van der Waals surface area contributed by atoms with Crippen LogP contribution < -0.4 is 0 Å². The highest BCUT2D eigenvalue weighted by atomic mass is 16.3. The van der Waals surface area contributed by atoms with Gasteiger partial charge in [-0.1, -0.05) is 24.3 Å². The molecule has 0 radical (unpaired) electrons. The summed E-state index contributed by atoms with van der Waals surface area (Å²) in [5.41, 5.74) is 2.57. The highest BCUT2D eigenvalue weighted by Gasteiger charge is 2.34. The first kappa shape index (κ1) is 10.4. The van der Waals surface area contributed by atoms with Crippen LogP contribution >= 0.6 is 0 Å². The first-order valence-corrected chi connectivity index (χ1v) is 5.83. The molecular formula is C14H14N2O. The van der Waals surface area contributed by atoms with E-state index in [1.807, 2.05) is 6.07 Å². The van der Waals surface area contributed by atoms with Crippen molar-refractivity contribution >= 4 is 0 Å². The van der Waals surface area contributed by atoms with E-state index in [9.17, 15) is 5.11 Å². The predicted molar refractivity (Wildman–Crippen MR) is 64.4 cm³/mol. The third-order valence-corrected chi connectivity index (χ3v) is 3.51. The van der Waals surface area contributed by atoms with Crippen molar-refractivity contribution in [3.63, 3.8) is 0 Å². The quantitative estimate of drug-likeness (QED) is 0.807. The van der Waals surface area contributed by atoms with E-state index < -0.39 is 5.60 Å². The zero-order chi connectivity index (χ0) is 11.7. The molecule has 1 aromatic heterocycles. The van der Waals surface area contributed by atoms with Gasteiger partial charge in [-0.15, -0.1) is 0 Å². The Labute approximate surface area is 100 Å². The zero-order valence-corrected chi connectivity index (χ0v) is 9.50. The van der Waals surface area contributed by atoms with Crippen LogP contribution in [0.25, 0.3) is 0 Å². The highest BCUT2D eigenvalue weighted by Crippen LogP contribution is 2.35. The maximum Gasteiger partial charge on any atom is 0.115 e. The van der Waals surface area contributed by atoms with E-state index >= 15 is 0 Å². The second-order valence-electron chi connectivity index (χ2n) is 4.60. The summed E-state index contributed by atoms with van der Waals surface area (Å²) in [4.78, 5) is 7.98. The number of fused-ring (bicyclic) bond motifs is 1. The third kappa shape index (κ3) is 1.83. The lowest BCUT2D eigenvalue weighted by Gasteiger charge is -2.33. The van der Waals surface area contributed by atoms with Crippen molar-refractivity contribution in [2.24, 2.45) is 0 Å². The maximum atomic E-state index is 10.7. The molecule has 1 heterocycles. The molecule has 3 rings (SSSR count). The molecule has 0 aliphatic heterocycles. The van der Waals surface area contributed by atoms with Gasteiger partial charge in [0.2, 0.25) is 0 Å². The molecule has 0 bridgehead atoms. The van der Waals surface area contributed by atoms with Gasteiger partial charge in [-0.2, -0.15) is 0 Å². The van der Waals surface area contributed by atoms with Gasteiger partial charge >= 0.3 is 0 Å². The Morgan fingerprint density at radius 1 is 1.06 bits per heavy atom. The zero-order valence-electron chi connectivity index (χ0n) is 9.50. The Kier molecular flexibility index (Phi) is 2.41. The Balaban J connectivity index is 1.98. The second-order valence-corrected chi connectivity index (χ2v) is 4.60. The maximum absolute atomic E-state index is 10.7. The van der Waals surface area contributed by atoms with Crippen molar-refractivity contribution < 1.29 is 5.11 Å². The number of aryl methyl sites for hydroxylation is 1. The molecule has 3 nitrogen and oxygen atoms in total. The molecule has 0 amide bonds. The lowest BCUT2D eigenvalue weighted by Crippen LogP contribution is -2.33. The van der Waals surface area contributed by atoms with E-state index in [2.05, 4.69) is 28.2 Å². The molecule has 0 saturated heterocycles. The van der Waals surface area contributed by atoms with Crippen LogP contribution in [0.3, 0.4) is 0 Å². The Morgan fingerprint density at radius 3 is 2.53 bits per heavy atom. The van der Waals surface area contributed by atoms with Gasteiger partial charge in [-0.05, 0) is 24.0 Å².